The van der Waals surface area contributed by atoms with E-state index >= 15 is 0 Å². The lowest BCUT2D eigenvalue weighted by Gasteiger charge is -2.09. The van der Waals surface area contributed by atoms with Crippen LogP contribution in [0.4, 0.5) is 0 Å². The van der Waals surface area contributed by atoms with Crippen molar-refractivity contribution in [2.24, 2.45) is 0 Å². The number of methoxy groups -OCH3 is 1. The lowest BCUT2D eigenvalue weighted by molar-refractivity contribution is -0.121. The Bertz CT molecular complexity index is 624. The Hall–Kier alpha value is -1.79. The number of nitrogens with zero attached hydrogens (tertiary/aromatic N) is 1. The van der Waals surface area contributed by atoms with Crippen LogP contribution in [0.1, 0.15) is 5.56 Å². The zero-order valence-electron chi connectivity index (χ0n) is 10.9. The molecule has 0 unspecified atom stereocenters. The molecule has 0 radical (unpaired) electrons. The first-order chi connectivity index (χ1) is 9.20. The summed E-state index contributed by atoms with van der Waals surface area (Å²) in [6.45, 7) is 0.582. The molecule has 1 aromatic heterocycles. The van der Waals surface area contributed by atoms with E-state index in [0.717, 1.165) is 11.3 Å². The average Bonchev–Trinajstić information content (AvgIpc) is 2.82. The van der Waals surface area contributed by atoms with Crippen LogP contribution in [0.3, 0.4) is 0 Å². The molecule has 7 heteroatoms. The number of ether oxygens (including phenoxy) is 1. The van der Waals surface area contributed by atoms with Crippen molar-refractivity contribution in [1.29, 1.82) is 5.41 Å². The third-order valence-electron chi connectivity index (χ3n) is 2.66. The largest absolute Gasteiger partial charge is 1.00 e. The van der Waals surface area contributed by atoms with Gasteiger partial charge in [0.25, 0.3) is 0 Å². The number of benzene rings is 1. The summed E-state index contributed by atoms with van der Waals surface area (Å²) >= 11 is 1.30. The number of halogens is 1. The molecular weight excluding hydrogens is 298 g/mol. The molecule has 1 aromatic carbocycles. The fourth-order valence-electron chi connectivity index (χ4n) is 1.68. The second kappa shape index (κ2) is 7.72. The van der Waals surface area contributed by atoms with Crippen molar-refractivity contribution in [1.82, 2.24) is 9.88 Å². The Balaban J connectivity index is 0.00000200. The fraction of sp³-hybridized carbons (Fsp3) is 0.231. The highest BCUT2D eigenvalue weighted by Gasteiger charge is 2.06. The summed E-state index contributed by atoms with van der Waals surface area (Å²) in [6.07, 6.45) is 1.73. The minimum Gasteiger partial charge on any atom is -1.00 e. The van der Waals surface area contributed by atoms with Crippen molar-refractivity contribution in [3.63, 3.8) is 0 Å². The van der Waals surface area contributed by atoms with Gasteiger partial charge in [-0.1, -0.05) is 18.2 Å². The Labute approximate surface area is 127 Å². The summed E-state index contributed by atoms with van der Waals surface area (Å²) in [5.41, 5.74) is 0.930. The van der Waals surface area contributed by atoms with E-state index < -0.39 is 0 Å². The molecular formula is C13H15ClN3O2S-. The molecule has 0 saturated heterocycles. The SMILES string of the molecule is COc1ccccc1CNC(=O)Cn1ccsc1=N.[Cl-]. The number of nitrogens with one attached hydrogen (secondary N) is 2. The van der Waals surface area contributed by atoms with Gasteiger partial charge in [0, 0.05) is 23.7 Å². The van der Waals surface area contributed by atoms with Crippen molar-refractivity contribution < 1.29 is 21.9 Å². The maximum atomic E-state index is 11.8. The number of rotatable bonds is 5. The number of aromatic nitrogens is 1. The first-order valence-corrected chi connectivity index (χ1v) is 6.66. The van der Waals surface area contributed by atoms with Crippen molar-refractivity contribution in [2.75, 3.05) is 7.11 Å². The van der Waals surface area contributed by atoms with Gasteiger partial charge in [0.15, 0.2) is 4.80 Å². The highest BCUT2D eigenvalue weighted by atomic mass is 35.5. The highest BCUT2D eigenvalue weighted by molar-refractivity contribution is 7.06. The maximum absolute atomic E-state index is 11.8. The molecule has 1 amide bonds. The number of hydrogen-bond donors (Lipinski definition) is 2. The van der Waals surface area contributed by atoms with Crippen LogP contribution in [0.25, 0.3) is 0 Å². The van der Waals surface area contributed by atoms with Crippen LogP contribution in [-0.2, 0) is 17.9 Å². The van der Waals surface area contributed by atoms with Gasteiger partial charge < -0.3 is 27.0 Å². The van der Waals surface area contributed by atoms with Crippen LogP contribution in [0, 0.1) is 5.41 Å². The molecule has 0 fully saturated rings. The second-order valence-corrected chi connectivity index (χ2v) is 4.82. The lowest BCUT2D eigenvalue weighted by atomic mass is 10.2. The van der Waals surface area contributed by atoms with Gasteiger partial charge in [-0.2, -0.15) is 0 Å². The van der Waals surface area contributed by atoms with Gasteiger partial charge in [0.05, 0.1) is 7.11 Å². The lowest BCUT2D eigenvalue weighted by Crippen LogP contribution is -3.00. The van der Waals surface area contributed by atoms with Crippen LogP contribution in [0.5, 0.6) is 5.75 Å². The van der Waals surface area contributed by atoms with Gasteiger partial charge in [-0.15, -0.1) is 11.3 Å². The van der Waals surface area contributed by atoms with Gasteiger partial charge in [-0.05, 0) is 6.07 Å². The van der Waals surface area contributed by atoms with Crippen molar-refractivity contribution >= 4 is 17.2 Å². The van der Waals surface area contributed by atoms with Crippen LogP contribution in [0.15, 0.2) is 35.8 Å². The third kappa shape index (κ3) is 4.11. The standard InChI is InChI=1S/C13H15N3O2S.ClH/c1-18-11-5-3-2-4-10(11)8-15-12(17)9-16-6-7-19-13(16)14;/h2-7,14H,8-9H2,1H3,(H,15,17);1H/p-1. The van der Waals surface area contributed by atoms with Gasteiger partial charge in [0.1, 0.15) is 12.3 Å². The van der Waals surface area contributed by atoms with Crippen LogP contribution in [0.2, 0.25) is 0 Å². The molecule has 0 atom stereocenters. The summed E-state index contributed by atoms with van der Waals surface area (Å²) in [7, 11) is 1.61. The van der Waals surface area contributed by atoms with Gasteiger partial charge in [-0.25, -0.2) is 0 Å². The Morgan fingerprint density at radius 2 is 2.20 bits per heavy atom. The third-order valence-corrected chi connectivity index (χ3v) is 3.38. The summed E-state index contributed by atoms with van der Waals surface area (Å²) in [5, 5.41) is 12.2. The molecule has 0 saturated carbocycles. The molecule has 2 N–H and O–H groups in total. The predicted octanol–water partition coefficient (Wildman–Crippen LogP) is -1.64. The van der Waals surface area contributed by atoms with E-state index in [1.54, 1.807) is 23.3 Å². The summed E-state index contributed by atoms with van der Waals surface area (Å²) in [4.78, 5) is 12.2. The molecule has 0 aliphatic carbocycles. The van der Waals surface area contributed by atoms with E-state index in [0.29, 0.717) is 11.3 Å². The van der Waals surface area contributed by atoms with E-state index in [2.05, 4.69) is 5.32 Å². The van der Waals surface area contributed by atoms with E-state index in [-0.39, 0.29) is 24.9 Å². The number of thiazole rings is 1. The monoisotopic (exact) mass is 312 g/mol. The van der Waals surface area contributed by atoms with E-state index in [1.807, 2.05) is 24.3 Å². The van der Waals surface area contributed by atoms with Crippen LogP contribution in [-0.4, -0.2) is 17.6 Å². The first-order valence-electron chi connectivity index (χ1n) is 5.78. The summed E-state index contributed by atoms with van der Waals surface area (Å²) in [5.74, 6) is 0.634. The van der Waals surface area contributed by atoms with Crippen molar-refractivity contribution in [3.05, 3.63) is 46.2 Å². The zero-order chi connectivity index (χ0) is 13.7. The van der Waals surface area contributed by atoms with Crippen LogP contribution >= 0.6 is 11.3 Å². The number of hydrogen-bond acceptors (Lipinski definition) is 4. The molecule has 2 aromatic rings. The Morgan fingerprint density at radius 3 is 2.85 bits per heavy atom. The summed E-state index contributed by atoms with van der Waals surface area (Å²) < 4.78 is 6.82. The highest BCUT2D eigenvalue weighted by Crippen LogP contribution is 2.16. The quantitative estimate of drug-likeness (QED) is 0.695. The first kappa shape index (κ1) is 16.3. The zero-order valence-corrected chi connectivity index (χ0v) is 12.5. The van der Waals surface area contributed by atoms with E-state index in [9.17, 15) is 4.79 Å². The molecule has 108 valence electrons. The number of para-hydroxylation sites is 1. The van der Waals surface area contributed by atoms with Crippen LogP contribution < -0.4 is 27.3 Å². The molecule has 2 rings (SSSR count). The van der Waals surface area contributed by atoms with Gasteiger partial charge in [-0.3, -0.25) is 10.2 Å². The molecule has 20 heavy (non-hydrogen) atoms. The van der Waals surface area contributed by atoms with Crippen molar-refractivity contribution in [3.8, 4) is 5.75 Å². The predicted molar refractivity (Wildman–Crippen MR) is 73.0 cm³/mol. The fourth-order valence-corrected chi connectivity index (χ4v) is 2.28. The Morgan fingerprint density at radius 1 is 1.45 bits per heavy atom. The number of amides is 1. The molecule has 0 bridgehead atoms. The second-order valence-electron chi connectivity index (χ2n) is 3.92. The minimum absolute atomic E-state index is 0. The molecule has 1 heterocycles. The van der Waals surface area contributed by atoms with E-state index in [4.69, 9.17) is 10.1 Å². The number of carbonyl (C=O) groups is 1. The topological polar surface area (TPSA) is 67.1 Å². The molecule has 0 aliphatic heterocycles. The minimum atomic E-state index is -0.122. The maximum Gasteiger partial charge on any atom is 0.240 e. The summed E-state index contributed by atoms with van der Waals surface area (Å²) in [6, 6.07) is 7.56. The van der Waals surface area contributed by atoms with Gasteiger partial charge >= 0.3 is 0 Å². The van der Waals surface area contributed by atoms with E-state index in [1.165, 1.54) is 11.3 Å². The molecule has 0 aliphatic rings. The normalized spacial score (nSPS) is 9.65. The van der Waals surface area contributed by atoms with Crippen molar-refractivity contribution in [2.45, 2.75) is 13.1 Å². The molecule has 0 spiro atoms. The average molecular weight is 313 g/mol. The smallest absolute Gasteiger partial charge is 0.240 e. The molecule has 5 nitrogen and oxygen atoms in total. The Kier molecular flexibility index (Phi) is 6.27. The number of carbonyl (C=O) groups excluding carboxylic acids is 1. The van der Waals surface area contributed by atoms with Gasteiger partial charge in [0.2, 0.25) is 5.91 Å².